The number of carbonyl (C=O) groups excluding carboxylic acids is 1. The van der Waals surface area contributed by atoms with Crippen molar-refractivity contribution in [2.75, 3.05) is 12.4 Å². The standard InChI is InChI=1S/C19H27N3O2/c1-14(2)24-13-16-8-6-10-18(15(16)3)20-19(23)22(5)12-17-9-7-11-21(17)4/h6-11,14H,12-13H2,1-5H3,(H,20,23). The molecule has 1 aromatic carbocycles. The Balaban J connectivity index is 2.03. The molecule has 0 aliphatic carbocycles. The molecule has 0 aliphatic heterocycles. The summed E-state index contributed by atoms with van der Waals surface area (Å²) in [5, 5.41) is 2.99. The minimum Gasteiger partial charge on any atom is -0.374 e. The van der Waals surface area contributed by atoms with Crippen LogP contribution in [0.3, 0.4) is 0 Å². The fourth-order valence-corrected chi connectivity index (χ4v) is 2.42. The minimum absolute atomic E-state index is 0.124. The van der Waals surface area contributed by atoms with Crippen molar-refractivity contribution in [2.45, 2.75) is 40.0 Å². The molecule has 0 atom stereocenters. The molecule has 1 aromatic heterocycles. The average molecular weight is 329 g/mol. The molecular weight excluding hydrogens is 302 g/mol. The minimum atomic E-state index is -0.124. The molecule has 2 amide bonds. The van der Waals surface area contributed by atoms with Gasteiger partial charge < -0.3 is 19.5 Å². The van der Waals surface area contributed by atoms with Crippen LogP contribution >= 0.6 is 0 Å². The first-order valence-corrected chi connectivity index (χ1v) is 8.21. The first-order chi connectivity index (χ1) is 11.4. The maximum Gasteiger partial charge on any atom is 0.321 e. The lowest BCUT2D eigenvalue weighted by Crippen LogP contribution is -2.31. The third-order valence-corrected chi connectivity index (χ3v) is 4.06. The number of hydrogen-bond donors (Lipinski definition) is 1. The van der Waals surface area contributed by atoms with Crippen LogP contribution in [0.5, 0.6) is 0 Å². The van der Waals surface area contributed by atoms with Crippen LogP contribution in [-0.2, 0) is 24.9 Å². The third kappa shape index (κ3) is 4.61. The van der Waals surface area contributed by atoms with E-state index in [1.54, 1.807) is 11.9 Å². The summed E-state index contributed by atoms with van der Waals surface area (Å²) < 4.78 is 7.69. The van der Waals surface area contributed by atoms with Gasteiger partial charge in [-0.05, 0) is 50.1 Å². The van der Waals surface area contributed by atoms with Gasteiger partial charge in [0.2, 0.25) is 0 Å². The Morgan fingerprint density at radius 3 is 2.67 bits per heavy atom. The molecule has 5 heteroatoms. The highest BCUT2D eigenvalue weighted by molar-refractivity contribution is 5.90. The summed E-state index contributed by atoms with van der Waals surface area (Å²) in [4.78, 5) is 14.1. The van der Waals surface area contributed by atoms with Gasteiger partial charge in [0.05, 0.1) is 19.3 Å². The zero-order valence-corrected chi connectivity index (χ0v) is 15.2. The zero-order chi connectivity index (χ0) is 17.7. The Kier molecular flexibility index (Phi) is 6.04. The molecule has 0 bridgehead atoms. The molecule has 5 nitrogen and oxygen atoms in total. The van der Waals surface area contributed by atoms with Crippen LogP contribution in [0.4, 0.5) is 10.5 Å². The lowest BCUT2D eigenvalue weighted by Gasteiger charge is -2.20. The van der Waals surface area contributed by atoms with Crippen LogP contribution in [0.15, 0.2) is 36.5 Å². The van der Waals surface area contributed by atoms with E-state index in [-0.39, 0.29) is 12.1 Å². The molecule has 0 spiro atoms. The summed E-state index contributed by atoms with van der Waals surface area (Å²) in [6, 6.07) is 9.76. The quantitative estimate of drug-likeness (QED) is 0.873. The molecule has 2 aromatic rings. The van der Waals surface area contributed by atoms with E-state index in [1.807, 2.05) is 68.9 Å². The van der Waals surface area contributed by atoms with Gasteiger partial charge in [0.15, 0.2) is 0 Å². The van der Waals surface area contributed by atoms with Crippen LogP contribution in [0, 0.1) is 6.92 Å². The summed E-state index contributed by atoms with van der Waals surface area (Å²) in [6.45, 7) is 7.14. The number of carbonyl (C=O) groups is 1. The molecule has 0 saturated carbocycles. The van der Waals surface area contributed by atoms with E-state index in [2.05, 4.69) is 5.32 Å². The number of benzene rings is 1. The van der Waals surface area contributed by atoms with Gasteiger partial charge in [-0.1, -0.05) is 12.1 Å². The Hall–Kier alpha value is -2.27. The molecule has 0 saturated heterocycles. The van der Waals surface area contributed by atoms with E-state index < -0.39 is 0 Å². The second-order valence-electron chi connectivity index (χ2n) is 6.35. The Morgan fingerprint density at radius 1 is 1.29 bits per heavy atom. The summed E-state index contributed by atoms with van der Waals surface area (Å²) in [5.74, 6) is 0. The number of nitrogens with zero attached hydrogens (tertiary/aromatic N) is 2. The van der Waals surface area contributed by atoms with Crippen molar-refractivity contribution in [1.29, 1.82) is 0 Å². The molecule has 0 aliphatic rings. The number of nitrogens with one attached hydrogen (secondary N) is 1. The summed E-state index contributed by atoms with van der Waals surface area (Å²) in [5.41, 5.74) is 4.04. The summed E-state index contributed by atoms with van der Waals surface area (Å²) in [6.07, 6.45) is 2.16. The zero-order valence-electron chi connectivity index (χ0n) is 15.2. The van der Waals surface area contributed by atoms with Crippen LogP contribution in [0.25, 0.3) is 0 Å². The second-order valence-corrected chi connectivity index (χ2v) is 6.35. The highest BCUT2D eigenvalue weighted by atomic mass is 16.5. The van der Waals surface area contributed by atoms with Gasteiger partial charge in [0, 0.05) is 31.7 Å². The first kappa shape index (κ1) is 18.1. The Bertz CT molecular complexity index is 692. The number of aromatic nitrogens is 1. The fourth-order valence-electron chi connectivity index (χ4n) is 2.42. The van der Waals surface area contributed by atoms with E-state index in [4.69, 9.17) is 4.74 Å². The summed E-state index contributed by atoms with van der Waals surface area (Å²) in [7, 11) is 3.77. The van der Waals surface area contributed by atoms with Crippen LogP contribution < -0.4 is 5.32 Å². The van der Waals surface area contributed by atoms with Crippen LogP contribution in [-0.4, -0.2) is 28.6 Å². The van der Waals surface area contributed by atoms with E-state index in [9.17, 15) is 4.79 Å². The van der Waals surface area contributed by atoms with Gasteiger partial charge in [-0.2, -0.15) is 0 Å². The van der Waals surface area contributed by atoms with Crippen molar-refractivity contribution in [3.05, 3.63) is 53.3 Å². The van der Waals surface area contributed by atoms with E-state index >= 15 is 0 Å². The molecular formula is C19H27N3O2. The molecule has 24 heavy (non-hydrogen) atoms. The molecule has 1 heterocycles. The van der Waals surface area contributed by atoms with Crippen molar-refractivity contribution in [2.24, 2.45) is 7.05 Å². The van der Waals surface area contributed by atoms with E-state index in [0.717, 1.165) is 22.5 Å². The highest BCUT2D eigenvalue weighted by Gasteiger charge is 2.13. The molecule has 1 N–H and O–H groups in total. The Labute approximate surface area is 144 Å². The second kappa shape index (κ2) is 8.02. The largest absolute Gasteiger partial charge is 0.374 e. The number of anilines is 1. The third-order valence-electron chi connectivity index (χ3n) is 4.06. The van der Waals surface area contributed by atoms with Crippen molar-refractivity contribution >= 4 is 11.7 Å². The van der Waals surface area contributed by atoms with Crippen LogP contribution in [0.1, 0.15) is 30.7 Å². The smallest absolute Gasteiger partial charge is 0.321 e. The predicted octanol–water partition coefficient (Wildman–Crippen LogP) is 3.92. The van der Waals surface area contributed by atoms with Gasteiger partial charge >= 0.3 is 6.03 Å². The predicted molar refractivity (Wildman–Crippen MR) is 97.0 cm³/mol. The van der Waals surface area contributed by atoms with Crippen molar-refractivity contribution < 1.29 is 9.53 Å². The Morgan fingerprint density at radius 2 is 2.04 bits per heavy atom. The monoisotopic (exact) mass is 329 g/mol. The van der Waals surface area contributed by atoms with Crippen LogP contribution in [0.2, 0.25) is 0 Å². The van der Waals surface area contributed by atoms with E-state index in [1.165, 1.54) is 0 Å². The summed E-state index contributed by atoms with van der Waals surface area (Å²) >= 11 is 0. The van der Waals surface area contributed by atoms with Gasteiger partial charge in [-0.15, -0.1) is 0 Å². The molecule has 130 valence electrons. The maximum absolute atomic E-state index is 12.5. The van der Waals surface area contributed by atoms with Gasteiger partial charge in [-0.25, -0.2) is 4.79 Å². The molecule has 0 radical (unpaired) electrons. The lowest BCUT2D eigenvalue weighted by atomic mass is 10.1. The van der Waals surface area contributed by atoms with Gasteiger partial charge in [0.25, 0.3) is 0 Å². The SMILES string of the molecule is Cc1c(COC(C)C)cccc1NC(=O)N(C)Cc1cccn1C. The highest BCUT2D eigenvalue weighted by Crippen LogP contribution is 2.20. The molecule has 0 fully saturated rings. The normalized spacial score (nSPS) is 10.9. The average Bonchev–Trinajstić information content (AvgIpc) is 2.93. The number of aryl methyl sites for hydroxylation is 1. The number of urea groups is 1. The molecule has 2 rings (SSSR count). The number of hydrogen-bond acceptors (Lipinski definition) is 2. The van der Waals surface area contributed by atoms with Crippen molar-refractivity contribution in [3.8, 4) is 0 Å². The molecule has 0 unspecified atom stereocenters. The number of amides is 2. The lowest BCUT2D eigenvalue weighted by molar-refractivity contribution is 0.0654. The number of ether oxygens (including phenoxy) is 1. The van der Waals surface area contributed by atoms with Crippen molar-refractivity contribution in [1.82, 2.24) is 9.47 Å². The van der Waals surface area contributed by atoms with E-state index in [0.29, 0.717) is 13.2 Å². The fraction of sp³-hybridized carbons (Fsp3) is 0.421. The van der Waals surface area contributed by atoms with Gasteiger partial charge in [0.1, 0.15) is 0 Å². The first-order valence-electron chi connectivity index (χ1n) is 8.21. The maximum atomic E-state index is 12.5. The van der Waals surface area contributed by atoms with Gasteiger partial charge in [-0.3, -0.25) is 0 Å². The van der Waals surface area contributed by atoms with Crippen molar-refractivity contribution in [3.63, 3.8) is 0 Å². The number of rotatable bonds is 6. The topological polar surface area (TPSA) is 46.5 Å².